The van der Waals surface area contributed by atoms with Crippen molar-refractivity contribution >= 4 is 33.8 Å². The van der Waals surface area contributed by atoms with Crippen molar-refractivity contribution in [3.8, 4) is 0 Å². The van der Waals surface area contributed by atoms with E-state index in [1.54, 1.807) is 11.4 Å². The Hall–Kier alpha value is -2.34. The van der Waals surface area contributed by atoms with Gasteiger partial charge in [0.25, 0.3) is 5.91 Å². The summed E-state index contributed by atoms with van der Waals surface area (Å²) in [6, 6.07) is 8.12. The maximum atomic E-state index is 12.2. The number of fused-ring (bicyclic) bond motifs is 1. The minimum absolute atomic E-state index is 0.0980. The van der Waals surface area contributed by atoms with Gasteiger partial charge in [0.1, 0.15) is 5.00 Å². The predicted molar refractivity (Wildman–Crippen MR) is 97.8 cm³/mol. The second kappa shape index (κ2) is 7.05. The van der Waals surface area contributed by atoms with E-state index >= 15 is 0 Å². The van der Waals surface area contributed by atoms with Crippen molar-refractivity contribution in [2.24, 2.45) is 5.73 Å². The topological polar surface area (TPSA) is 75.4 Å². The molecule has 126 valence electrons. The number of nitrogens with zero attached hydrogens (tertiary/aromatic N) is 1. The van der Waals surface area contributed by atoms with Gasteiger partial charge in [-0.1, -0.05) is 17.7 Å². The van der Waals surface area contributed by atoms with Crippen molar-refractivity contribution in [3.05, 3.63) is 46.3 Å². The lowest BCUT2D eigenvalue weighted by atomic mass is 9.99. The van der Waals surface area contributed by atoms with Gasteiger partial charge in [-0.2, -0.15) is 0 Å². The first-order chi connectivity index (χ1) is 11.5. The Labute approximate surface area is 145 Å². The molecule has 0 unspecified atom stereocenters. The van der Waals surface area contributed by atoms with Gasteiger partial charge in [-0.3, -0.25) is 9.59 Å². The van der Waals surface area contributed by atoms with Gasteiger partial charge in [0.2, 0.25) is 5.91 Å². The van der Waals surface area contributed by atoms with Crippen LogP contribution in [-0.2, 0) is 11.2 Å². The quantitative estimate of drug-likeness (QED) is 0.876. The third-order valence-electron chi connectivity index (χ3n) is 4.24. The molecule has 0 radical (unpaired) electrons. The Bertz CT molecular complexity index is 769. The summed E-state index contributed by atoms with van der Waals surface area (Å²) in [5, 5.41) is 5.08. The first-order valence-corrected chi connectivity index (χ1v) is 8.94. The highest BCUT2D eigenvalue weighted by Crippen LogP contribution is 2.28. The predicted octanol–water partition coefficient (Wildman–Crippen LogP) is 2.94. The van der Waals surface area contributed by atoms with Crippen LogP contribution in [0, 0.1) is 6.92 Å². The average molecular weight is 343 g/mol. The van der Waals surface area contributed by atoms with Crippen LogP contribution in [0.15, 0.2) is 29.6 Å². The Morgan fingerprint density at radius 3 is 2.96 bits per heavy atom. The van der Waals surface area contributed by atoms with Crippen LogP contribution in [0.5, 0.6) is 0 Å². The molecule has 0 saturated carbocycles. The summed E-state index contributed by atoms with van der Waals surface area (Å²) in [6.07, 6.45) is 2.58. The molecule has 2 heterocycles. The zero-order valence-electron chi connectivity index (χ0n) is 13.7. The number of hydrogen-bond donors (Lipinski definition) is 2. The number of carbonyl (C=O) groups is 2. The monoisotopic (exact) mass is 343 g/mol. The van der Waals surface area contributed by atoms with E-state index in [1.165, 1.54) is 28.2 Å². The SMILES string of the molecule is Cc1ccc2c(c1)CCCN2CCC(=O)Nc1sccc1C(N)=O. The highest BCUT2D eigenvalue weighted by atomic mass is 32.1. The lowest BCUT2D eigenvalue weighted by Gasteiger charge is -2.31. The van der Waals surface area contributed by atoms with E-state index in [0.29, 0.717) is 23.5 Å². The van der Waals surface area contributed by atoms with Crippen molar-refractivity contribution in [3.63, 3.8) is 0 Å². The van der Waals surface area contributed by atoms with Gasteiger partial charge in [-0.15, -0.1) is 11.3 Å². The Morgan fingerprint density at radius 2 is 2.17 bits per heavy atom. The van der Waals surface area contributed by atoms with Crippen LogP contribution in [0.3, 0.4) is 0 Å². The Morgan fingerprint density at radius 1 is 1.33 bits per heavy atom. The molecule has 2 amide bonds. The molecule has 0 aliphatic carbocycles. The standard InChI is InChI=1S/C18H21N3O2S/c1-12-4-5-15-13(11-12)3-2-8-21(15)9-6-16(22)20-18-14(17(19)23)7-10-24-18/h4-5,7,10-11H,2-3,6,8-9H2,1H3,(H2,19,23)(H,20,22). The molecule has 2 aromatic rings. The molecule has 0 atom stereocenters. The normalized spacial score (nSPS) is 13.5. The fraction of sp³-hybridized carbons (Fsp3) is 0.333. The largest absolute Gasteiger partial charge is 0.371 e. The zero-order valence-corrected chi connectivity index (χ0v) is 14.5. The van der Waals surface area contributed by atoms with Crippen molar-refractivity contribution in [1.82, 2.24) is 0 Å². The summed E-state index contributed by atoms with van der Waals surface area (Å²) in [5.41, 5.74) is 9.52. The van der Waals surface area contributed by atoms with Crippen LogP contribution >= 0.6 is 11.3 Å². The third kappa shape index (κ3) is 3.59. The number of nitrogens with two attached hydrogens (primary N) is 1. The maximum absolute atomic E-state index is 12.2. The van der Waals surface area contributed by atoms with Crippen LogP contribution in [0.2, 0.25) is 0 Å². The number of hydrogen-bond acceptors (Lipinski definition) is 4. The molecule has 1 aliphatic heterocycles. The summed E-state index contributed by atoms with van der Waals surface area (Å²) in [4.78, 5) is 25.8. The molecule has 0 saturated heterocycles. The van der Waals surface area contributed by atoms with E-state index in [-0.39, 0.29) is 5.91 Å². The van der Waals surface area contributed by atoms with E-state index in [4.69, 9.17) is 5.73 Å². The van der Waals surface area contributed by atoms with Gasteiger partial charge in [0.15, 0.2) is 0 Å². The number of rotatable bonds is 5. The molecule has 0 spiro atoms. The Kier molecular flexibility index (Phi) is 4.85. The molecule has 0 fully saturated rings. The molecule has 1 aliphatic rings. The number of primary amides is 1. The molecular formula is C18H21N3O2S. The number of anilines is 2. The molecule has 24 heavy (non-hydrogen) atoms. The van der Waals surface area contributed by atoms with Crippen LogP contribution in [0.1, 0.15) is 34.3 Å². The van der Waals surface area contributed by atoms with E-state index in [0.717, 1.165) is 19.4 Å². The zero-order chi connectivity index (χ0) is 17.1. The number of thiophene rings is 1. The van der Waals surface area contributed by atoms with Crippen LogP contribution in [-0.4, -0.2) is 24.9 Å². The fourth-order valence-corrected chi connectivity index (χ4v) is 3.87. The molecule has 1 aromatic carbocycles. The van der Waals surface area contributed by atoms with Gasteiger partial charge >= 0.3 is 0 Å². The van der Waals surface area contributed by atoms with Crippen LogP contribution in [0.4, 0.5) is 10.7 Å². The summed E-state index contributed by atoms with van der Waals surface area (Å²) in [6.45, 7) is 3.73. The smallest absolute Gasteiger partial charge is 0.251 e. The average Bonchev–Trinajstić information content (AvgIpc) is 3.00. The fourth-order valence-electron chi connectivity index (χ4n) is 3.06. The minimum atomic E-state index is -0.521. The van der Waals surface area contributed by atoms with E-state index in [2.05, 4.69) is 35.3 Å². The summed E-state index contributed by atoms with van der Waals surface area (Å²) in [5.74, 6) is -0.619. The number of nitrogens with one attached hydrogen (secondary N) is 1. The summed E-state index contributed by atoms with van der Waals surface area (Å²) in [7, 11) is 0. The highest BCUT2D eigenvalue weighted by molar-refractivity contribution is 7.14. The molecule has 3 N–H and O–H groups in total. The summed E-state index contributed by atoms with van der Waals surface area (Å²) >= 11 is 1.31. The van der Waals surface area contributed by atoms with E-state index in [1.807, 2.05) is 0 Å². The van der Waals surface area contributed by atoms with Gasteiger partial charge in [0.05, 0.1) is 5.56 Å². The molecule has 1 aromatic heterocycles. The lowest BCUT2D eigenvalue weighted by Crippen LogP contribution is -2.32. The number of benzene rings is 1. The number of carbonyl (C=O) groups excluding carboxylic acids is 2. The van der Waals surface area contributed by atoms with Gasteiger partial charge in [-0.05, 0) is 42.8 Å². The summed E-state index contributed by atoms with van der Waals surface area (Å²) < 4.78 is 0. The van der Waals surface area contributed by atoms with Crippen molar-refractivity contribution < 1.29 is 9.59 Å². The highest BCUT2D eigenvalue weighted by Gasteiger charge is 2.18. The van der Waals surface area contributed by atoms with E-state index < -0.39 is 5.91 Å². The third-order valence-corrected chi connectivity index (χ3v) is 5.07. The van der Waals surface area contributed by atoms with Gasteiger partial charge < -0.3 is 16.0 Å². The number of amides is 2. The number of aryl methyl sites for hydroxylation is 2. The van der Waals surface area contributed by atoms with E-state index in [9.17, 15) is 9.59 Å². The van der Waals surface area contributed by atoms with Crippen LogP contribution in [0.25, 0.3) is 0 Å². The van der Waals surface area contributed by atoms with Crippen molar-refractivity contribution in [1.29, 1.82) is 0 Å². The maximum Gasteiger partial charge on any atom is 0.251 e. The molecule has 5 nitrogen and oxygen atoms in total. The van der Waals surface area contributed by atoms with Crippen molar-refractivity contribution in [2.75, 3.05) is 23.3 Å². The first-order valence-electron chi connectivity index (χ1n) is 8.06. The molecular weight excluding hydrogens is 322 g/mol. The first kappa shape index (κ1) is 16.5. The second-order valence-electron chi connectivity index (χ2n) is 6.05. The minimum Gasteiger partial charge on any atom is -0.371 e. The molecule has 0 bridgehead atoms. The lowest BCUT2D eigenvalue weighted by molar-refractivity contribution is -0.116. The molecule has 3 rings (SSSR count). The van der Waals surface area contributed by atoms with Gasteiger partial charge in [0, 0.05) is 25.2 Å². The Balaban J connectivity index is 1.61. The van der Waals surface area contributed by atoms with Crippen LogP contribution < -0.4 is 16.0 Å². The van der Waals surface area contributed by atoms with Gasteiger partial charge in [-0.25, -0.2) is 0 Å². The molecule has 6 heteroatoms. The second-order valence-corrected chi connectivity index (χ2v) is 6.96. The van der Waals surface area contributed by atoms with Crippen molar-refractivity contribution in [2.45, 2.75) is 26.2 Å².